The first-order valence-corrected chi connectivity index (χ1v) is 3.00. The molecule has 4 heteroatoms. The van der Waals surface area contributed by atoms with Crippen LogP contribution in [0.15, 0.2) is 16.8 Å². The van der Waals surface area contributed by atoms with Crippen molar-refractivity contribution in [1.82, 2.24) is 0 Å². The molecule has 0 spiro atoms. The van der Waals surface area contributed by atoms with Crippen LogP contribution in [-0.2, 0) is 20.1 Å². The number of carboxylic acids is 1. The molecule has 0 bridgehead atoms. The minimum absolute atomic E-state index is 0. The maximum absolute atomic E-state index is 10.1. The number of carboxylic acid groups (broad SMARTS) is 1. The Labute approximate surface area is 69.9 Å². The number of hydrogen-bond acceptors (Lipinski definition) is 2. The molecule has 0 amide bonds. The molecular formula is C5H4IrO2S. The summed E-state index contributed by atoms with van der Waals surface area (Å²) in [7, 11) is 0. The van der Waals surface area contributed by atoms with Gasteiger partial charge in [-0.1, -0.05) is 0 Å². The molecule has 0 fully saturated rings. The molecule has 51 valence electrons. The van der Waals surface area contributed by atoms with E-state index in [1.165, 1.54) is 11.3 Å². The molecule has 1 rings (SSSR count). The first-order chi connectivity index (χ1) is 3.80. The van der Waals surface area contributed by atoms with Crippen molar-refractivity contribution in [2.45, 2.75) is 0 Å². The SMILES string of the molecule is O=C(O)c1ccsc1.[Ir]. The molecule has 0 unspecified atom stereocenters. The first kappa shape index (κ1) is 8.82. The zero-order valence-electron chi connectivity index (χ0n) is 4.33. The van der Waals surface area contributed by atoms with Crippen LogP contribution >= 0.6 is 11.3 Å². The normalized spacial score (nSPS) is 8.00. The number of thiophene rings is 1. The van der Waals surface area contributed by atoms with E-state index in [-0.39, 0.29) is 20.1 Å². The molecule has 0 atom stereocenters. The topological polar surface area (TPSA) is 37.3 Å². The summed E-state index contributed by atoms with van der Waals surface area (Å²) < 4.78 is 0. The molecular weight excluding hydrogens is 316 g/mol. The van der Waals surface area contributed by atoms with Crippen molar-refractivity contribution in [2.75, 3.05) is 0 Å². The second-order valence-corrected chi connectivity index (χ2v) is 2.10. The van der Waals surface area contributed by atoms with E-state index in [2.05, 4.69) is 0 Å². The Morgan fingerprint density at radius 1 is 1.67 bits per heavy atom. The largest absolute Gasteiger partial charge is 0.478 e. The van der Waals surface area contributed by atoms with Gasteiger partial charge in [-0.05, 0) is 11.4 Å². The van der Waals surface area contributed by atoms with E-state index >= 15 is 0 Å². The number of aromatic carboxylic acids is 1. The molecule has 1 N–H and O–H groups in total. The average molecular weight is 320 g/mol. The Hall–Kier alpha value is -0.181. The average Bonchev–Trinajstić information content (AvgIpc) is 2.12. The summed E-state index contributed by atoms with van der Waals surface area (Å²) >= 11 is 1.39. The van der Waals surface area contributed by atoms with Gasteiger partial charge in [0.05, 0.1) is 5.56 Å². The van der Waals surface area contributed by atoms with Crippen molar-refractivity contribution in [2.24, 2.45) is 0 Å². The van der Waals surface area contributed by atoms with Crippen molar-refractivity contribution in [3.63, 3.8) is 0 Å². The van der Waals surface area contributed by atoms with Crippen LogP contribution in [0.5, 0.6) is 0 Å². The summed E-state index contributed by atoms with van der Waals surface area (Å²) in [5.74, 6) is -0.855. The molecule has 1 heterocycles. The second kappa shape index (κ2) is 3.77. The Morgan fingerprint density at radius 2 is 2.33 bits per heavy atom. The van der Waals surface area contributed by atoms with Crippen LogP contribution in [-0.4, -0.2) is 11.1 Å². The van der Waals surface area contributed by atoms with Crippen LogP contribution in [0, 0.1) is 0 Å². The van der Waals surface area contributed by atoms with Crippen LogP contribution in [0.25, 0.3) is 0 Å². The maximum Gasteiger partial charge on any atom is 0.336 e. The fourth-order valence-corrected chi connectivity index (χ4v) is 1.02. The third-order valence-electron chi connectivity index (χ3n) is 0.768. The Balaban J connectivity index is 0.000000640. The number of hydrogen-bond donors (Lipinski definition) is 1. The van der Waals surface area contributed by atoms with Crippen molar-refractivity contribution in [3.05, 3.63) is 22.4 Å². The van der Waals surface area contributed by atoms with Gasteiger partial charge in [-0.15, -0.1) is 0 Å². The van der Waals surface area contributed by atoms with Crippen molar-refractivity contribution in [1.29, 1.82) is 0 Å². The standard InChI is InChI=1S/C5H4O2S.Ir/c6-5(7)4-1-2-8-3-4;/h1-3H,(H,6,7);. The van der Waals surface area contributed by atoms with E-state index in [0.29, 0.717) is 5.56 Å². The van der Waals surface area contributed by atoms with E-state index in [1.807, 2.05) is 0 Å². The van der Waals surface area contributed by atoms with Gasteiger partial charge in [0.1, 0.15) is 0 Å². The van der Waals surface area contributed by atoms with Gasteiger partial charge in [-0.3, -0.25) is 0 Å². The minimum Gasteiger partial charge on any atom is -0.478 e. The van der Waals surface area contributed by atoms with Gasteiger partial charge < -0.3 is 5.11 Å². The van der Waals surface area contributed by atoms with Crippen LogP contribution in [0.1, 0.15) is 10.4 Å². The van der Waals surface area contributed by atoms with E-state index in [1.54, 1.807) is 16.8 Å². The third kappa shape index (κ3) is 2.26. The zero-order chi connectivity index (χ0) is 5.98. The molecule has 0 aliphatic heterocycles. The fourth-order valence-electron chi connectivity index (χ4n) is 0.386. The molecule has 0 saturated carbocycles. The van der Waals surface area contributed by atoms with Gasteiger partial charge in [0.15, 0.2) is 0 Å². The van der Waals surface area contributed by atoms with Gasteiger partial charge in [0, 0.05) is 25.5 Å². The number of carbonyl (C=O) groups is 1. The van der Waals surface area contributed by atoms with Crippen molar-refractivity contribution in [3.8, 4) is 0 Å². The predicted molar refractivity (Wildman–Crippen MR) is 31.3 cm³/mol. The minimum atomic E-state index is -0.855. The van der Waals surface area contributed by atoms with Crippen molar-refractivity contribution >= 4 is 17.3 Å². The Bertz CT molecular complexity index is 183. The van der Waals surface area contributed by atoms with Crippen LogP contribution in [0.3, 0.4) is 0 Å². The molecule has 0 saturated heterocycles. The van der Waals surface area contributed by atoms with Gasteiger partial charge >= 0.3 is 5.97 Å². The van der Waals surface area contributed by atoms with Crippen LogP contribution in [0.4, 0.5) is 0 Å². The van der Waals surface area contributed by atoms with E-state index in [0.717, 1.165) is 0 Å². The predicted octanol–water partition coefficient (Wildman–Crippen LogP) is 1.44. The van der Waals surface area contributed by atoms with Gasteiger partial charge in [-0.25, -0.2) is 4.79 Å². The first-order valence-electron chi connectivity index (χ1n) is 2.06. The van der Waals surface area contributed by atoms with Gasteiger partial charge in [0.2, 0.25) is 0 Å². The maximum atomic E-state index is 10.1. The molecule has 0 aliphatic carbocycles. The quantitative estimate of drug-likeness (QED) is 0.850. The molecule has 0 aromatic carbocycles. The smallest absolute Gasteiger partial charge is 0.336 e. The van der Waals surface area contributed by atoms with Crippen LogP contribution < -0.4 is 0 Å². The zero-order valence-corrected chi connectivity index (χ0v) is 7.54. The summed E-state index contributed by atoms with van der Waals surface area (Å²) in [4.78, 5) is 10.1. The molecule has 1 aromatic rings. The third-order valence-corrected chi connectivity index (χ3v) is 1.45. The summed E-state index contributed by atoms with van der Waals surface area (Å²) in [5, 5.41) is 11.6. The summed E-state index contributed by atoms with van der Waals surface area (Å²) in [5.41, 5.74) is 0.370. The van der Waals surface area contributed by atoms with E-state index in [9.17, 15) is 4.79 Å². The van der Waals surface area contributed by atoms with Gasteiger partial charge in [-0.2, -0.15) is 11.3 Å². The summed E-state index contributed by atoms with van der Waals surface area (Å²) in [6.45, 7) is 0. The summed E-state index contributed by atoms with van der Waals surface area (Å²) in [6, 6.07) is 1.58. The van der Waals surface area contributed by atoms with Crippen molar-refractivity contribution < 1.29 is 30.0 Å². The molecule has 0 aliphatic rings. The Kier molecular flexibility index (Phi) is 3.70. The molecule has 1 aromatic heterocycles. The molecule has 9 heavy (non-hydrogen) atoms. The monoisotopic (exact) mass is 321 g/mol. The summed E-state index contributed by atoms with van der Waals surface area (Å²) in [6.07, 6.45) is 0. The second-order valence-electron chi connectivity index (χ2n) is 1.32. The fraction of sp³-hybridized carbons (Fsp3) is 0. The Morgan fingerprint density at radius 3 is 2.56 bits per heavy atom. The van der Waals surface area contributed by atoms with E-state index < -0.39 is 5.97 Å². The van der Waals surface area contributed by atoms with Gasteiger partial charge in [0.25, 0.3) is 0 Å². The van der Waals surface area contributed by atoms with Crippen LogP contribution in [0.2, 0.25) is 0 Å². The number of rotatable bonds is 1. The van der Waals surface area contributed by atoms with E-state index in [4.69, 9.17) is 5.11 Å². The molecule has 1 radical (unpaired) electrons. The molecule has 2 nitrogen and oxygen atoms in total.